The van der Waals surface area contributed by atoms with E-state index in [1.165, 1.54) is 44.2 Å². The van der Waals surface area contributed by atoms with Crippen molar-refractivity contribution in [3.63, 3.8) is 0 Å². The van der Waals surface area contributed by atoms with Gasteiger partial charge in [0, 0.05) is 5.41 Å². The van der Waals surface area contributed by atoms with Crippen molar-refractivity contribution in [1.29, 1.82) is 0 Å². The minimum absolute atomic E-state index is 0.00569. The molecular weight excluding hydrogens is 532 g/mol. The van der Waals surface area contributed by atoms with Crippen molar-refractivity contribution >= 4 is 20.6 Å². The zero-order valence-electron chi connectivity index (χ0n) is 23.8. The zero-order chi connectivity index (χ0) is 28.9. The van der Waals surface area contributed by atoms with Crippen LogP contribution in [0, 0.1) is 0 Å². The molecular formula is C39H32O2S. The Morgan fingerprint density at radius 2 is 1.02 bits per heavy atom. The summed E-state index contributed by atoms with van der Waals surface area (Å²) in [6.07, 6.45) is 2.12. The first-order chi connectivity index (χ1) is 20.5. The Hall–Kier alpha value is -4.47. The summed E-state index contributed by atoms with van der Waals surface area (Å²) >= 11 is 0. The molecule has 3 heteroatoms. The smallest absolute Gasteiger partial charge is 0.206 e. The van der Waals surface area contributed by atoms with Crippen molar-refractivity contribution in [2.24, 2.45) is 0 Å². The molecule has 0 heterocycles. The van der Waals surface area contributed by atoms with Gasteiger partial charge >= 0.3 is 0 Å². The highest BCUT2D eigenvalue weighted by Gasteiger charge is 2.38. The van der Waals surface area contributed by atoms with Crippen LogP contribution in [0.3, 0.4) is 0 Å². The lowest BCUT2D eigenvalue weighted by Crippen LogP contribution is -2.29. The normalized spacial score (nSPS) is 13.6. The van der Waals surface area contributed by atoms with Gasteiger partial charge in [0.15, 0.2) is 0 Å². The van der Waals surface area contributed by atoms with Crippen LogP contribution >= 0.6 is 0 Å². The molecule has 0 amide bonds. The van der Waals surface area contributed by atoms with E-state index in [4.69, 9.17) is 0 Å². The van der Waals surface area contributed by atoms with Crippen molar-refractivity contribution in [3.05, 3.63) is 145 Å². The minimum Gasteiger partial charge on any atom is -0.219 e. The van der Waals surface area contributed by atoms with Crippen LogP contribution in [0.4, 0.5) is 0 Å². The molecule has 0 N–H and O–H groups in total. The first-order valence-corrected chi connectivity index (χ1v) is 16.1. The third-order valence-electron chi connectivity index (χ3n) is 9.24. The highest BCUT2D eigenvalue weighted by Crippen LogP contribution is 2.53. The molecule has 0 aromatic heterocycles. The molecule has 0 unspecified atom stereocenters. The maximum atomic E-state index is 13.0. The number of hydrogen-bond donors (Lipinski definition) is 0. The number of fused-ring (bicyclic) bond motifs is 2. The highest BCUT2D eigenvalue weighted by molar-refractivity contribution is 7.91. The maximum Gasteiger partial charge on any atom is 0.206 e. The number of sulfone groups is 1. The Kier molecular flexibility index (Phi) is 6.36. The third kappa shape index (κ3) is 3.95. The van der Waals surface area contributed by atoms with E-state index < -0.39 is 9.84 Å². The van der Waals surface area contributed by atoms with Crippen LogP contribution in [0.15, 0.2) is 143 Å². The predicted molar refractivity (Wildman–Crippen MR) is 174 cm³/mol. The molecule has 0 saturated carbocycles. The van der Waals surface area contributed by atoms with Crippen LogP contribution in [0.1, 0.15) is 37.8 Å². The van der Waals surface area contributed by atoms with Crippen molar-refractivity contribution in [2.45, 2.75) is 41.9 Å². The average molecular weight is 565 g/mol. The summed E-state index contributed by atoms with van der Waals surface area (Å²) in [6.45, 7) is 4.63. The molecule has 0 spiro atoms. The van der Waals surface area contributed by atoms with E-state index in [0.717, 1.165) is 24.0 Å². The summed E-state index contributed by atoms with van der Waals surface area (Å²) in [4.78, 5) is 0.608. The Morgan fingerprint density at radius 3 is 1.71 bits per heavy atom. The van der Waals surface area contributed by atoms with Crippen LogP contribution in [-0.4, -0.2) is 8.42 Å². The molecule has 1 aliphatic carbocycles. The van der Waals surface area contributed by atoms with Gasteiger partial charge in [0.05, 0.1) is 9.79 Å². The summed E-state index contributed by atoms with van der Waals surface area (Å²) in [6, 6.07) is 44.7. The fourth-order valence-electron chi connectivity index (χ4n) is 6.98. The molecule has 0 atom stereocenters. The second-order valence-corrected chi connectivity index (χ2v) is 13.1. The molecule has 0 bridgehead atoms. The van der Waals surface area contributed by atoms with Gasteiger partial charge in [-0.2, -0.15) is 0 Å². The second kappa shape index (κ2) is 10.1. The van der Waals surface area contributed by atoms with E-state index in [1.54, 1.807) is 36.4 Å². The fourth-order valence-corrected chi connectivity index (χ4v) is 8.26. The first kappa shape index (κ1) is 26.4. The van der Waals surface area contributed by atoms with Crippen molar-refractivity contribution in [2.75, 3.05) is 0 Å². The van der Waals surface area contributed by atoms with Crippen molar-refractivity contribution in [3.8, 4) is 33.4 Å². The third-order valence-corrected chi connectivity index (χ3v) is 11.0. The second-order valence-electron chi connectivity index (χ2n) is 11.1. The molecule has 2 nitrogen and oxygen atoms in total. The van der Waals surface area contributed by atoms with Crippen molar-refractivity contribution in [1.82, 2.24) is 0 Å². The Bertz CT molecular complexity index is 2040. The molecule has 6 aromatic carbocycles. The molecule has 1 aliphatic rings. The summed E-state index contributed by atoms with van der Waals surface area (Å²) in [7, 11) is -3.54. The highest BCUT2D eigenvalue weighted by atomic mass is 32.2. The van der Waals surface area contributed by atoms with Gasteiger partial charge in [0.1, 0.15) is 0 Å². The zero-order valence-corrected chi connectivity index (χ0v) is 24.7. The molecule has 42 heavy (non-hydrogen) atoms. The van der Waals surface area contributed by atoms with Crippen LogP contribution < -0.4 is 0 Å². The maximum absolute atomic E-state index is 13.0. The summed E-state index contributed by atoms with van der Waals surface area (Å²) in [5, 5.41) is 2.66. The van der Waals surface area contributed by atoms with Crippen LogP contribution in [-0.2, 0) is 15.3 Å². The average Bonchev–Trinajstić information content (AvgIpc) is 3.06. The quantitative estimate of drug-likeness (QED) is 0.202. The van der Waals surface area contributed by atoms with Crippen molar-refractivity contribution < 1.29 is 8.42 Å². The molecule has 206 valence electrons. The lowest BCUT2D eigenvalue weighted by atomic mass is 9.63. The molecule has 0 aliphatic heterocycles. The van der Waals surface area contributed by atoms with Gasteiger partial charge in [-0.1, -0.05) is 123 Å². The summed E-state index contributed by atoms with van der Waals surface area (Å²) < 4.78 is 26.0. The van der Waals surface area contributed by atoms with E-state index in [-0.39, 0.29) is 5.41 Å². The lowest BCUT2D eigenvalue weighted by molar-refractivity contribution is 0.481. The number of benzene rings is 6. The molecule has 6 aromatic rings. The monoisotopic (exact) mass is 564 g/mol. The summed E-state index contributed by atoms with van der Waals surface area (Å²) in [5.74, 6) is 0. The first-order valence-electron chi connectivity index (χ1n) is 14.6. The van der Waals surface area contributed by atoms with Gasteiger partial charge in [-0.25, -0.2) is 8.42 Å². The molecule has 0 fully saturated rings. The lowest BCUT2D eigenvalue weighted by Gasteiger charge is -2.40. The van der Waals surface area contributed by atoms with Crippen LogP contribution in [0.2, 0.25) is 0 Å². The largest absolute Gasteiger partial charge is 0.219 e. The van der Waals surface area contributed by atoms with Crippen LogP contribution in [0.5, 0.6) is 0 Å². The minimum atomic E-state index is -3.54. The van der Waals surface area contributed by atoms with Gasteiger partial charge in [-0.3, -0.25) is 0 Å². The Labute approximate surface area is 248 Å². The molecule has 0 saturated heterocycles. The predicted octanol–water partition coefficient (Wildman–Crippen LogP) is 10.1. The van der Waals surface area contributed by atoms with E-state index in [9.17, 15) is 8.42 Å². The fraction of sp³-hybridized carbons (Fsp3) is 0.128. The molecule has 0 radical (unpaired) electrons. The summed E-state index contributed by atoms with van der Waals surface area (Å²) in [5.41, 5.74) is 9.98. The van der Waals surface area contributed by atoms with Gasteiger partial charge in [-0.15, -0.1) is 0 Å². The standard InChI is InChI=1S/C39H32O2S/c1-3-39(4-2)36-15-9-8-13-33(36)35-26-25-32(34-14-10-16-37(39)38(34)35)29-19-17-27(18-20-29)28-21-23-31(24-22-28)42(40,41)30-11-6-5-7-12-30/h5-26H,3-4H2,1-2H3. The van der Waals surface area contributed by atoms with Crippen LogP contribution in [0.25, 0.3) is 44.2 Å². The Morgan fingerprint density at radius 1 is 0.476 bits per heavy atom. The number of rotatable bonds is 6. The SMILES string of the molecule is CCC1(CC)c2ccccc2-c2ccc(-c3ccc(-c4ccc(S(=O)(=O)c5ccccc5)cc4)cc3)c3cccc1c23. The van der Waals surface area contributed by atoms with E-state index in [2.05, 4.69) is 92.7 Å². The van der Waals surface area contributed by atoms with Gasteiger partial charge in [0.2, 0.25) is 9.84 Å². The van der Waals surface area contributed by atoms with Gasteiger partial charge in [-0.05, 0) is 92.4 Å². The topological polar surface area (TPSA) is 34.1 Å². The number of hydrogen-bond acceptors (Lipinski definition) is 2. The van der Waals surface area contributed by atoms with Gasteiger partial charge in [0.25, 0.3) is 0 Å². The Balaban J connectivity index is 1.28. The van der Waals surface area contributed by atoms with Gasteiger partial charge < -0.3 is 0 Å². The van der Waals surface area contributed by atoms with E-state index in [0.29, 0.717) is 9.79 Å². The van der Waals surface area contributed by atoms with E-state index in [1.807, 2.05) is 18.2 Å². The van der Waals surface area contributed by atoms with E-state index >= 15 is 0 Å². The molecule has 7 rings (SSSR count).